The summed E-state index contributed by atoms with van der Waals surface area (Å²) >= 11 is 1.55. The van der Waals surface area contributed by atoms with Gasteiger partial charge in [-0.3, -0.25) is 9.78 Å². The van der Waals surface area contributed by atoms with E-state index in [2.05, 4.69) is 40.2 Å². The van der Waals surface area contributed by atoms with Crippen LogP contribution in [0.15, 0.2) is 42.5 Å². The second-order valence-corrected chi connectivity index (χ2v) is 9.84. The SMILES string of the molecule is CN1CCC1.COc1ccc(C)c(C(=O)NC2(c3cc(NSC)cc4nc(C)ccc34)CC2)c1. The van der Waals surface area contributed by atoms with Gasteiger partial charge in [0.1, 0.15) is 5.75 Å². The van der Waals surface area contributed by atoms with Crippen LogP contribution in [0.25, 0.3) is 10.9 Å². The number of aryl methyl sites for hydroxylation is 2. The molecule has 2 fully saturated rings. The number of rotatable bonds is 6. The molecule has 180 valence electrons. The molecule has 0 unspecified atom stereocenters. The number of hydrogen-bond donors (Lipinski definition) is 2. The molecule has 7 heteroatoms. The van der Waals surface area contributed by atoms with E-state index in [4.69, 9.17) is 9.72 Å². The maximum atomic E-state index is 13.2. The highest BCUT2D eigenvalue weighted by Gasteiger charge is 2.47. The molecule has 2 aliphatic rings. The number of fused-ring (bicyclic) bond motifs is 1. The molecule has 0 atom stereocenters. The number of aromatic nitrogens is 1. The van der Waals surface area contributed by atoms with Crippen LogP contribution in [0.3, 0.4) is 0 Å². The van der Waals surface area contributed by atoms with Crippen LogP contribution in [0.1, 0.15) is 46.4 Å². The second kappa shape index (κ2) is 10.2. The van der Waals surface area contributed by atoms with Crippen LogP contribution in [-0.2, 0) is 5.54 Å². The van der Waals surface area contributed by atoms with E-state index in [9.17, 15) is 4.79 Å². The number of amides is 1. The van der Waals surface area contributed by atoms with E-state index in [0.29, 0.717) is 11.3 Å². The van der Waals surface area contributed by atoms with Gasteiger partial charge in [-0.25, -0.2) is 0 Å². The molecule has 1 aliphatic carbocycles. The zero-order valence-electron chi connectivity index (χ0n) is 20.7. The Morgan fingerprint density at radius 1 is 1.12 bits per heavy atom. The van der Waals surface area contributed by atoms with Crippen molar-refractivity contribution in [2.75, 3.05) is 38.2 Å². The van der Waals surface area contributed by atoms with Gasteiger partial charge in [0.25, 0.3) is 5.91 Å². The normalized spacial score (nSPS) is 16.1. The average Bonchev–Trinajstić information content (AvgIpc) is 3.58. The largest absolute Gasteiger partial charge is 0.497 e. The Kier molecular flexibility index (Phi) is 7.33. The Balaban J connectivity index is 0.000000486. The monoisotopic (exact) mass is 478 g/mol. The summed E-state index contributed by atoms with van der Waals surface area (Å²) in [6.45, 7) is 6.58. The lowest BCUT2D eigenvalue weighted by atomic mass is 9.97. The van der Waals surface area contributed by atoms with E-state index in [1.807, 2.05) is 38.3 Å². The molecular formula is C27H34N4O2S. The number of nitrogens with one attached hydrogen (secondary N) is 2. The quantitative estimate of drug-likeness (QED) is 0.469. The minimum atomic E-state index is -0.363. The van der Waals surface area contributed by atoms with Crippen molar-refractivity contribution >= 4 is 34.4 Å². The Hall–Kier alpha value is -2.77. The van der Waals surface area contributed by atoms with Crippen molar-refractivity contribution in [3.63, 3.8) is 0 Å². The first-order valence-corrected chi connectivity index (χ1v) is 12.9. The fourth-order valence-electron chi connectivity index (χ4n) is 4.23. The number of methoxy groups -OCH3 is 1. The maximum Gasteiger partial charge on any atom is 0.252 e. The van der Waals surface area contributed by atoms with Gasteiger partial charge in [0.2, 0.25) is 0 Å². The summed E-state index contributed by atoms with van der Waals surface area (Å²) < 4.78 is 8.62. The zero-order valence-corrected chi connectivity index (χ0v) is 21.5. The van der Waals surface area contributed by atoms with E-state index < -0.39 is 0 Å². The van der Waals surface area contributed by atoms with Crippen molar-refractivity contribution in [1.82, 2.24) is 15.2 Å². The van der Waals surface area contributed by atoms with Gasteiger partial charge < -0.3 is 19.7 Å². The summed E-state index contributed by atoms with van der Waals surface area (Å²) in [6, 6.07) is 13.9. The Morgan fingerprint density at radius 3 is 2.44 bits per heavy atom. The number of carbonyl (C=O) groups is 1. The summed E-state index contributed by atoms with van der Waals surface area (Å²) in [5.41, 5.74) is 5.25. The molecule has 1 saturated heterocycles. The molecule has 1 saturated carbocycles. The first-order valence-electron chi connectivity index (χ1n) is 11.7. The molecule has 0 radical (unpaired) electrons. The Morgan fingerprint density at radius 2 is 1.85 bits per heavy atom. The fraction of sp³-hybridized carbons (Fsp3) is 0.407. The average molecular weight is 479 g/mol. The molecule has 6 nitrogen and oxygen atoms in total. The molecular weight excluding hydrogens is 444 g/mol. The van der Waals surface area contributed by atoms with E-state index in [1.165, 1.54) is 19.5 Å². The van der Waals surface area contributed by atoms with Gasteiger partial charge in [-0.15, -0.1) is 0 Å². The molecule has 2 aromatic carbocycles. The van der Waals surface area contributed by atoms with Crippen molar-refractivity contribution in [3.05, 3.63) is 64.8 Å². The number of ether oxygens (including phenoxy) is 1. The van der Waals surface area contributed by atoms with E-state index in [1.54, 1.807) is 25.1 Å². The van der Waals surface area contributed by atoms with Crippen LogP contribution in [0.2, 0.25) is 0 Å². The van der Waals surface area contributed by atoms with Crippen LogP contribution in [0.4, 0.5) is 5.69 Å². The minimum Gasteiger partial charge on any atom is -0.497 e. The van der Waals surface area contributed by atoms with Gasteiger partial charge in [0.05, 0.1) is 18.2 Å². The lowest BCUT2D eigenvalue weighted by Gasteiger charge is -2.24. The lowest BCUT2D eigenvalue weighted by Crippen LogP contribution is -2.35. The molecule has 1 aromatic heterocycles. The molecule has 1 amide bonds. The predicted molar refractivity (Wildman–Crippen MR) is 142 cm³/mol. The third-order valence-corrected chi connectivity index (χ3v) is 6.99. The summed E-state index contributed by atoms with van der Waals surface area (Å²) in [6.07, 6.45) is 5.23. The number of anilines is 1. The summed E-state index contributed by atoms with van der Waals surface area (Å²) in [5.74, 6) is 0.609. The smallest absolute Gasteiger partial charge is 0.252 e. The second-order valence-electron chi connectivity index (χ2n) is 9.22. The van der Waals surface area contributed by atoms with Crippen LogP contribution >= 0.6 is 11.9 Å². The first-order chi connectivity index (χ1) is 16.3. The van der Waals surface area contributed by atoms with Gasteiger partial charge in [0, 0.05) is 28.6 Å². The highest BCUT2D eigenvalue weighted by molar-refractivity contribution is 7.99. The number of benzene rings is 2. The van der Waals surface area contributed by atoms with Gasteiger partial charge in [-0.05, 0) is 94.7 Å². The fourth-order valence-corrected chi connectivity index (χ4v) is 4.58. The molecule has 2 heterocycles. The number of hydrogen-bond acceptors (Lipinski definition) is 6. The van der Waals surface area contributed by atoms with Crippen LogP contribution in [0.5, 0.6) is 5.75 Å². The minimum absolute atomic E-state index is 0.0738. The molecule has 0 spiro atoms. The highest BCUT2D eigenvalue weighted by Crippen LogP contribution is 2.49. The Bertz CT molecular complexity index is 1190. The topological polar surface area (TPSA) is 66.5 Å². The van der Waals surface area contributed by atoms with Crippen LogP contribution in [0, 0.1) is 13.8 Å². The third-order valence-electron chi connectivity index (χ3n) is 6.55. The van der Waals surface area contributed by atoms with Crippen molar-refractivity contribution in [1.29, 1.82) is 0 Å². The lowest BCUT2D eigenvalue weighted by molar-refractivity contribution is 0.0930. The predicted octanol–water partition coefficient (Wildman–Crippen LogP) is 5.29. The van der Waals surface area contributed by atoms with Crippen molar-refractivity contribution in [2.24, 2.45) is 0 Å². The summed E-state index contributed by atoms with van der Waals surface area (Å²) in [5, 5.41) is 4.40. The van der Waals surface area contributed by atoms with Gasteiger partial charge in [-0.1, -0.05) is 24.1 Å². The van der Waals surface area contributed by atoms with Gasteiger partial charge >= 0.3 is 0 Å². The molecule has 3 aromatic rings. The van der Waals surface area contributed by atoms with Crippen LogP contribution in [-0.4, -0.2) is 49.3 Å². The molecule has 1 aliphatic heterocycles. The standard InChI is InChI=1S/C23H25N3O2S.C4H9N/c1-14-5-7-17(28-3)13-19(14)22(27)25-23(9-10-23)20-11-16(26-29-4)12-21-18(20)8-6-15(2)24-21;1-5-3-2-4-5/h5-8,11-13,26H,9-10H2,1-4H3,(H,25,27);2-4H2,1H3. The van der Waals surface area contributed by atoms with E-state index >= 15 is 0 Å². The highest BCUT2D eigenvalue weighted by atomic mass is 32.2. The number of nitrogens with zero attached hydrogens (tertiary/aromatic N) is 2. The summed E-state index contributed by atoms with van der Waals surface area (Å²) in [4.78, 5) is 20.2. The van der Waals surface area contributed by atoms with Crippen molar-refractivity contribution in [2.45, 2.75) is 38.6 Å². The zero-order chi connectivity index (χ0) is 24.3. The molecule has 0 bridgehead atoms. The van der Waals surface area contributed by atoms with Crippen molar-refractivity contribution < 1.29 is 9.53 Å². The molecule has 34 heavy (non-hydrogen) atoms. The Labute approximate surface area is 206 Å². The molecule has 5 rings (SSSR count). The van der Waals surface area contributed by atoms with Gasteiger partial charge in [0.15, 0.2) is 0 Å². The maximum absolute atomic E-state index is 13.2. The molecule has 2 N–H and O–H groups in total. The van der Waals surface area contributed by atoms with Crippen molar-refractivity contribution in [3.8, 4) is 5.75 Å². The number of pyridine rings is 1. The van der Waals surface area contributed by atoms with E-state index in [0.717, 1.165) is 46.3 Å². The van der Waals surface area contributed by atoms with Gasteiger partial charge in [-0.2, -0.15) is 0 Å². The van der Waals surface area contributed by atoms with Crippen LogP contribution < -0.4 is 14.8 Å². The first kappa shape index (κ1) is 24.4. The number of likely N-dealkylation sites (tertiary alicyclic amines) is 1. The third kappa shape index (κ3) is 5.31. The van der Waals surface area contributed by atoms with E-state index in [-0.39, 0.29) is 11.4 Å². The summed E-state index contributed by atoms with van der Waals surface area (Å²) in [7, 11) is 3.75. The number of carbonyl (C=O) groups excluding carboxylic acids is 1.